The normalized spacial score (nSPS) is 11.6. The number of hydrogen-bond donors (Lipinski definition) is 0. The van der Waals surface area contributed by atoms with Gasteiger partial charge in [-0.3, -0.25) is 9.59 Å². The van der Waals surface area contributed by atoms with Gasteiger partial charge >= 0.3 is 0 Å². The van der Waals surface area contributed by atoms with Gasteiger partial charge in [0.25, 0.3) is 11.6 Å². The van der Waals surface area contributed by atoms with E-state index in [1.54, 1.807) is 24.3 Å². The largest absolute Gasteiger partial charge is 0.412 e. The molecule has 7 heteroatoms. The van der Waals surface area contributed by atoms with Gasteiger partial charge in [0, 0.05) is 39.6 Å². The summed E-state index contributed by atoms with van der Waals surface area (Å²) < 4.78 is 20.8. The summed E-state index contributed by atoms with van der Waals surface area (Å²) in [7, 11) is 5.65. The minimum atomic E-state index is -1.41. The van der Waals surface area contributed by atoms with E-state index < -0.39 is 11.6 Å². The molecular formula is C20H24O7. The van der Waals surface area contributed by atoms with Crippen molar-refractivity contribution in [3.63, 3.8) is 0 Å². The molecule has 7 nitrogen and oxygen atoms in total. The van der Waals surface area contributed by atoms with Crippen LogP contribution in [0.2, 0.25) is 0 Å². The lowest BCUT2D eigenvalue weighted by Gasteiger charge is -2.25. The number of rotatable bonds is 9. The van der Waals surface area contributed by atoms with Crippen molar-refractivity contribution in [3.8, 4) is 11.1 Å². The highest BCUT2D eigenvalue weighted by molar-refractivity contribution is 5.69. The molecular weight excluding hydrogens is 352 g/mol. The SMILES string of the molecule is COC(C=O)(OC)c1ccc(-c2ccc(C(C=O)(OC)OC)cc2)cc1.O. The molecule has 0 atom stereocenters. The third-order valence-corrected chi connectivity index (χ3v) is 4.43. The minimum Gasteiger partial charge on any atom is -0.412 e. The topological polar surface area (TPSA) is 103 Å². The fraction of sp³-hybridized carbons (Fsp3) is 0.300. The molecule has 0 radical (unpaired) electrons. The highest BCUT2D eigenvalue weighted by atomic mass is 16.7. The molecule has 0 bridgehead atoms. The predicted octanol–water partition coefficient (Wildman–Crippen LogP) is 1.82. The Kier molecular flexibility index (Phi) is 7.96. The van der Waals surface area contributed by atoms with Gasteiger partial charge in [0.1, 0.15) is 0 Å². The molecule has 0 saturated carbocycles. The third-order valence-electron chi connectivity index (χ3n) is 4.43. The van der Waals surface area contributed by atoms with Crippen LogP contribution in [0, 0.1) is 0 Å². The van der Waals surface area contributed by atoms with Gasteiger partial charge in [0.05, 0.1) is 0 Å². The summed E-state index contributed by atoms with van der Waals surface area (Å²) in [6.07, 6.45) is 1.23. The summed E-state index contributed by atoms with van der Waals surface area (Å²) in [6.45, 7) is 0. The number of carbonyl (C=O) groups is 2. The smallest absolute Gasteiger partial charge is 0.252 e. The van der Waals surface area contributed by atoms with E-state index in [2.05, 4.69) is 0 Å². The van der Waals surface area contributed by atoms with Gasteiger partial charge in [-0.1, -0.05) is 48.5 Å². The summed E-state index contributed by atoms with van der Waals surface area (Å²) in [5.41, 5.74) is 3.05. The van der Waals surface area contributed by atoms with Crippen molar-refractivity contribution < 1.29 is 34.0 Å². The van der Waals surface area contributed by atoms with Gasteiger partial charge in [-0.15, -0.1) is 0 Å². The lowest BCUT2D eigenvalue weighted by molar-refractivity contribution is -0.201. The van der Waals surface area contributed by atoms with Gasteiger partial charge in [0.15, 0.2) is 12.6 Å². The van der Waals surface area contributed by atoms with E-state index in [1.165, 1.54) is 28.4 Å². The Bertz CT molecular complexity index is 664. The van der Waals surface area contributed by atoms with Gasteiger partial charge in [0.2, 0.25) is 0 Å². The molecule has 0 aliphatic heterocycles. The van der Waals surface area contributed by atoms with Crippen molar-refractivity contribution in [3.05, 3.63) is 59.7 Å². The van der Waals surface area contributed by atoms with Crippen molar-refractivity contribution in [1.29, 1.82) is 0 Å². The molecule has 0 saturated heterocycles. The monoisotopic (exact) mass is 376 g/mol. The molecule has 0 heterocycles. The molecule has 0 unspecified atom stereocenters. The number of carbonyl (C=O) groups excluding carboxylic acids is 2. The van der Waals surface area contributed by atoms with Crippen LogP contribution in [0.3, 0.4) is 0 Å². The Morgan fingerprint density at radius 1 is 0.593 bits per heavy atom. The van der Waals surface area contributed by atoms with Crippen molar-refractivity contribution >= 4 is 12.6 Å². The molecule has 0 aliphatic rings. The number of ether oxygens (including phenoxy) is 4. The lowest BCUT2D eigenvalue weighted by Crippen LogP contribution is -2.32. The van der Waals surface area contributed by atoms with Crippen molar-refractivity contribution in [2.24, 2.45) is 0 Å². The molecule has 2 aromatic carbocycles. The molecule has 0 amide bonds. The fourth-order valence-corrected chi connectivity index (χ4v) is 2.76. The Labute approximate surface area is 158 Å². The summed E-state index contributed by atoms with van der Waals surface area (Å²) >= 11 is 0. The highest BCUT2D eigenvalue weighted by Crippen LogP contribution is 2.29. The number of aldehydes is 2. The van der Waals surface area contributed by atoms with Crippen LogP contribution in [0.5, 0.6) is 0 Å². The minimum absolute atomic E-state index is 0. The summed E-state index contributed by atoms with van der Waals surface area (Å²) in [5.74, 6) is -2.83. The Morgan fingerprint density at radius 2 is 0.852 bits per heavy atom. The maximum atomic E-state index is 11.4. The van der Waals surface area contributed by atoms with E-state index in [-0.39, 0.29) is 5.48 Å². The first-order valence-electron chi connectivity index (χ1n) is 7.89. The van der Waals surface area contributed by atoms with Gasteiger partial charge < -0.3 is 24.4 Å². The van der Waals surface area contributed by atoms with Crippen LogP contribution in [-0.4, -0.2) is 46.5 Å². The van der Waals surface area contributed by atoms with Crippen LogP contribution < -0.4 is 0 Å². The van der Waals surface area contributed by atoms with Crippen molar-refractivity contribution in [2.75, 3.05) is 28.4 Å². The molecule has 2 rings (SSSR count). The van der Waals surface area contributed by atoms with Crippen LogP contribution in [0.25, 0.3) is 11.1 Å². The van der Waals surface area contributed by atoms with Crippen molar-refractivity contribution in [1.82, 2.24) is 0 Å². The third kappa shape index (κ3) is 4.13. The van der Waals surface area contributed by atoms with Crippen LogP contribution in [0.4, 0.5) is 0 Å². The second kappa shape index (κ2) is 9.50. The highest BCUT2D eigenvalue weighted by Gasteiger charge is 2.32. The quantitative estimate of drug-likeness (QED) is 0.489. The lowest BCUT2D eigenvalue weighted by atomic mass is 9.98. The van der Waals surface area contributed by atoms with Crippen LogP contribution in [-0.2, 0) is 40.1 Å². The molecule has 2 N–H and O–H groups in total. The van der Waals surface area contributed by atoms with Crippen LogP contribution >= 0.6 is 0 Å². The average molecular weight is 376 g/mol. The maximum absolute atomic E-state index is 11.4. The standard InChI is InChI=1S/C20H22O6.H2O/c1-23-19(13-21,24-2)17-9-5-15(6-10-17)16-7-11-18(12-8-16)20(14-22,25-3)26-4;/h5-14H,1-4H3;1H2. The zero-order chi connectivity index (χ0) is 19.2. The number of methoxy groups -OCH3 is 4. The van der Waals surface area contributed by atoms with E-state index in [9.17, 15) is 9.59 Å². The first kappa shape index (κ1) is 22.6. The van der Waals surface area contributed by atoms with E-state index in [1.807, 2.05) is 24.3 Å². The fourth-order valence-electron chi connectivity index (χ4n) is 2.76. The number of hydrogen-bond acceptors (Lipinski definition) is 6. The average Bonchev–Trinajstić information content (AvgIpc) is 2.72. The Morgan fingerprint density at radius 3 is 1.04 bits per heavy atom. The van der Waals surface area contributed by atoms with E-state index in [4.69, 9.17) is 18.9 Å². The first-order chi connectivity index (χ1) is 12.5. The van der Waals surface area contributed by atoms with Gasteiger partial charge in [-0.25, -0.2) is 0 Å². The molecule has 0 spiro atoms. The van der Waals surface area contributed by atoms with Gasteiger partial charge in [-0.2, -0.15) is 0 Å². The zero-order valence-corrected chi connectivity index (χ0v) is 15.7. The van der Waals surface area contributed by atoms with Crippen LogP contribution in [0.15, 0.2) is 48.5 Å². The summed E-state index contributed by atoms with van der Waals surface area (Å²) in [6, 6.07) is 14.5. The van der Waals surface area contributed by atoms with Crippen LogP contribution in [0.1, 0.15) is 11.1 Å². The second-order valence-corrected chi connectivity index (χ2v) is 5.54. The molecule has 2 aromatic rings. The summed E-state index contributed by atoms with van der Waals surface area (Å²) in [5, 5.41) is 0. The van der Waals surface area contributed by atoms with Crippen molar-refractivity contribution in [2.45, 2.75) is 11.6 Å². The maximum Gasteiger partial charge on any atom is 0.252 e. The van der Waals surface area contributed by atoms with E-state index in [0.29, 0.717) is 23.7 Å². The molecule has 27 heavy (non-hydrogen) atoms. The first-order valence-corrected chi connectivity index (χ1v) is 7.89. The zero-order valence-electron chi connectivity index (χ0n) is 15.7. The second-order valence-electron chi connectivity index (χ2n) is 5.54. The predicted molar refractivity (Wildman–Crippen MR) is 99.0 cm³/mol. The van der Waals surface area contributed by atoms with Gasteiger partial charge in [-0.05, 0) is 11.1 Å². The molecule has 0 fully saturated rings. The Hall–Kier alpha value is -2.42. The molecule has 0 aromatic heterocycles. The van der Waals surface area contributed by atoms with E-state index >= 15 is 0 Å². The summed E-state index contributed by atoms with van der Waals surface area (Å²) in [4.78, 5) is 22.7. The van der Waals surface area contributed by atoms with E-state index in [0.717, 1.165) is 11.1 Å². The molecule has 0 aliphatic carbocycles. The molecule has 146 valence electrons. The Balaban J connectivity index is 0.00000364. The number of benzene rings is 2.